The third kappa shape index (κ3) is 6.67. The Morgan fingerprint density at radius 2 is 1.34 bits per heavy atom. The maximum atomic E-state index is 15.0. The standard InChI is InChI=1S/C51H51FO5S/c1-7-10-29-56-36-21-17-34(18-22-36)51(33-15-19-35(53-4)20-16-33)28-25-39-48-47(40-31-44(54-5)45(55-6)32-41(40)49(39)57-51)38-24-23-37(58-46-14-12-11-13-43(46)52)30-42(38)50(48,26-8-2)27-9-3/h11-25,28,30-32H,7-10,26-27,29H2,1-6H3. The largest absolute Gasteiger partial charge is 0.497 e. The molecular formula is C51H51FO5S. The molecule has 2 aliphatic rings. The van der Waals surface area contributed by atoms with E-state index in [2.05, 4.69) is 87.5 Å². The van der Waals surface area contributed by atoms with Gasteiger partial charge in [-0.05, 0) is 114 Å². The van der Waals surface area contributed by atoms with Gasteiger partial charge in [-0.15, -0.1) is 0 Å². The van der Waals surface area contributed by atoms with Gasteiger partial charge in [-0.1, -0.05) is 100 Å². The van der Waals surface area contributed by atoms with E-state index >= 15 is 4.39 Å². The summed E-state index contributed by atoms with van der Waals surface area (Å²) in [5.41, 5.74) is 6.63. The number of hydrogen-bond donors (Lipinski definition) is 0. The highest BCUT2D eigenvalue weighted by molar-refractivity contribution is 7.99. The van der Waals surface area contributed by atoms with E-state index in [4.69, 9.17) is 23.7 Å². The maximum Gasteiger partial charge on any atom is 0.178 e. The lowest BCUT2D eigenvalue weighted by Crippen LogP contribution is -2.35. The van der Waals surface area contributed by atoms with Crippen molar-refractivity contribution in [3.8, 4) is 39.9 Å². The van der Waals surface area contributed by atoms with Crippen molar-refractivity contribution in [1.29, 1.82) is 0 Å². The Morgan fingerprint density at radius 1 is 0.690 bits per heavy atom. The molecule has 58 heavy (non-hydrogen) atoms. The van der Waals surface area contributed by atoms with Crippen molar-refractivity contribution in [2.45, 2.75) is 80.1 Å². The number of halogens is 1. The van der Waals surface area contributed by atoms with Crippen LogP contribution in [0.3, 0.4) is 0 Å². The number of ether oxygens (including phenoxy) is 5. The first-order valence-electron chi connectivity index (χ1n) is 20.4. The van der Waals surface area contributed by atoms with Gasteiger partial charge in [0.2, 0.25) is 0 Å². The number of methoxy groups -OCH3 is 3. The summed E-state index contributed by atoms with van der Waals surface area (Å²) in [4.78, 5) is 1.62. The second-order valence-corrected chi connectivity index (χ2v) is 16.3. The molecule has 0 bridgehead atoms. The quantitative estimate of drug-likeness (QED) is 0.0965. The minimum absolute atomic E-state index is 0.216. The summed E-state index contributed by atoms with van der Waals surface area (Å²) in [6, 6.07) is 34.3. The molecular weight excluding hydrogens is 744 g/mol. The van der Waals surface area contributed by atoms with Gasteiger partial charge >= 0.3 is 0 Å². The highest BCUT2D eigenvalue weighted by Crippen LogP contribution is 2.62. The monoisotopic (exact) mass is 794 g/mol. The van der Waals surface area contributed by atoms with Gasteiger partial charge in [-0.3, -0.25) is 0 Å². The summed E-state index contributed by atoms with van der Waals surface area (Å²) in [6.07, 6.45) is 10.4. The molecule has 0 radical (unpaired) electrons. The Bertz CT molecular complexity index is 2470. The first-order chi connectivity index (χ1) is 28.3. The Morgan fingerprint density at radius 3 is 1.97 bits per heavy atom. The van der Waals surface area contributed by atoms with Crippen LogP contribution in [0, 0.1) is 5.82 Å². The van der Waals surface area contributed by atoms with Crippen molar-refractivity contribution < 1.29 is 28.1 Å². The van der Waals surface area contributed by atoms with E-state index in [1.807, 2.05) is 36.4 Å². The molecule has 0 fully saturated rings. The molecule has 5 nitrogen and oxygen atoms in total. The lowest BCUT2D eigenvalue weighted by atomic mass is 9.69. The average molecular weight is 795 g/mol. The van der Waals surface area contributed by atoms with Crippen LogP contribution in [0.15, 0.2) is 119 Å². The van der Waals surface area contributed by atoms with Crippen LogP contribution in [0.5, 0.6) is 28.7 Å². The SMILES string of the molecule is CCCCOc1ccc(C2(c3ccc(OC)cc3)C=Cc3c4c(c5cc(OC)c(OC)cc5c3O2)-c2ccc(Sc3ccccc3F)cc2C4(CCC)CCC)cc1. The average Bonchev–Trinajstić information content (AvgIpc) is 3.53. The van der Waals surface area contributed by atoms with Crippen LogP contribution < -0.4 is 23.7 Å². The topological polar surface area (TPSA) is 46.2 Å². The van der Waals surface area contributed by atoms with Crippen LogP contribution in [-0.4, -0.2) is 27.9 Å². The number of hydrogen-bond acceptors (Lipinski definition) is 6. The van der Waals surface area contributed by atoms with Crippen LogP contribution in [0.1, 0.15) is 87.1 Å². The van der Waals surface area contributed by atoms with Gasteiger partial charge in [0.15, 0.2) is 17.1 Å². The molecule has 1 aliphatic heterocycles. The lowest BCUT2D eigenvalue weighted by molar-refractivity contribution is 0.163. The van der Waals surface area contributed by atoms with Crippen molar-refractivity contribution in [3.05, 3.63) is 143 Å². The Balaban J connectivity index is 1.40. The van der Waals surface area contributed by atoms with Gasteiger partial charge in [0, 0.05) is 37.3 Å². The minimum Gasteiger partial charge on any atom is -0.497 e. The Hall–Kier alpha value is -5.40. The normalized spacial score (nSPS) is 16.0. The van der Waals surface area contributed by atoms with E-state index < -0.39 is 5.60 Å². The van der Waals surface area contributed by atoms with Crippen LogP contribution in [0.25, 0.3) is 28.0 Å². The molecule has 1 aliphatic carbocycles. The van der Waals surface area contributed by atoms with Gasteiger partial charge in [0.25, 0.3) is 0 Å². The highest BCUT2D eigenvalue weighted by atomic mass is 32.2. The second-order valence-electron chi connectivity index (χ2n) is 15.2. The molecule has 0 amide bonds. The zero-order valence-electron chi connectivity index (χ0n) is 34.2. The van der Waals surface area contributed by atoms with Gasteiger partial charge in [-0.2, -0.15) is 0 Å². The molecule has 0 spiro atoms. The van der Waals surface area contributed by atoms with Gasteiger partial charge in [0.1, 0.15) is 23.1 Å². The van der Waals surface area contributed by atoms with Crippen LogP contribution in [0.4, 0.5) is 4.39 Å². The third-order valence-electron chi connectivity index (χ3n) is 11.8. The van der Waals surface area contributed by atoms with Gasteiger partial charge in [0.05, 0.1) is 27.9 Å². The molecule has 7 heteroatoms. The van der Waals surface area contributed by atoms with Crippen molar-refractivity contribution in [1.82, 2.24) is 0 Å². The molecule has 6 aromatic carbocycles. The summed E-state index contributed by atoms with van der Waals surface area (Å²) in [7, 11) is 5.04. The van der Waals surface area contributed by atoms with E-state index in [1.54, 1.807) is 27.4 Å². The number of benzene rings is 6. The van der Waals surface area contributed by atoms with E-state index in [-0.39, 0.29) is 11.2 Å². The fourth-order valence-electron chi connectivity index (χ4n) is 9.18. The van der Waals surface area contributed by atoms with Crippen LogP contribution >= 0.6 is 11.8 Å². The van der Waals surface area contributed by atoms with Crippen molar-refractivity contribution >= 4 is 28.6 Å². The smallest absolute Gasteiger partial charge is 0.178 e. The number of unbranched alkanes of at least 4 members (excludes halogenated alkanes) is 1. The zero-order valence-corrected chi connectivity index (χ0v) is 35.1. The van der Waals surface area contributed by atoms with E-state index in [1.165, 1.54) is 40.1 Å². The summed E-state index contributed by atoms with van der Waals surface area (Å²) in [5.74, 6) is 3.46. The molecule has 0 saturated heterocycles. The fourth-order valence-corrected chi connectivity index (χ4v) is 10.1. The lowest BCUT2D eigenvalue weighted by Gasteiger charge is -2.40. The van der Waals surface area contributed by atoms with E-state index in [0.29, 0.717) is 23.0 Å². The molecule has 1 heterocycles. The van der Waals surface area contributed by atoms with Crippen LogP contribution in [-0.2, 0) is 11.0 Å². The first-order valence-corrected chi connectivity index (χ1v) is 21.3. The molecule has 298 valence electrons. The summed E-state index contributed by atoms with van der Waals surface area (Å²) < 4.78 is 46.3. The summed E-state index contributed by atoms with van der Waals surface area (Å²) >= 11 is 1.48. The summed E-state index contributed by atoms with van der Waals surface area (Å²) in [6.45, 7) is 7.38. The predicted octanol–water partition coefficient (Wildman–Crippen LogP) is 13.6. The maximum absolute atomic E-state index is 15.0. The zero-order chi connectivity index (χ0) is 40.4. The third-order valence-corrected chi connectivity index (χ3v) is 12.8. The fraction of sp³-hybridized carbons (Fsp3) is 0.294. The molecule has 0 N–H and O–H groups in total. The molecule has 8 rings (SSSR count). The molecule has 6 aromatic rings. The van der Waals surface area contributed by atoms with Crippen LogP contribution in [0.2, 0.25) is 0 Å². The van der Waals surface area contributed by atoms with Crippen molar-refractivity contribution in [3.63, 3.8) is 0 Å². The number of fused-ring (bicyclic) bond motifs is 8. The Labute approximate surface area is 346 Å². The molecule has 0 saturated carbocycles. The molecule has 1 atom stereocenters. The van der Waals surface area contributed by atoms with E-state index in [0.717, 1.165) is 88.1 Å². The van der Waals surface area contributed by atoms with Crippen molar-refractivity contribution in [2.24, 2.45) is 0 Å². The van der Waals surface area contributed by atoms with Gasteiger partial charge < -0.3 is 23.7 Å². The van der Waals surface area contributed by atoms with Crippen molar-refractivity contribution in [2.75, 3.05) is 27.9 Å². The Kier molecular flexibility index (Phi) is 11.2. The highest BCUT2D eigenvalue weighted by Gasteiger charge is 2.48. The summed E-state index contributed by atoms with van der Waals surface area (Å²) in [5, 5.41) is 1.97. The second kappa shape index (κ2) is 16.5. The first kappa shape index (κ1) is 39.4. The number of rotatable bonds is 15. The molecule has 1 unspecified atom stereocenters. The molecule has 0 aromatic heterocycles. The van der Waals surface area contributed by atoms with E-state index in [9.17, 15) is 0 Å². The predicted molar refractivity (Wildman–Crippen MR) is 234 cm³/mol. The van der Waals surface area contributed by atoms with Gasteiger partial charge in [-0.25, -0.2) is 4.39 Å². The minimum atomic E-state index is -0.983.